The summed E-state index contributed by atoms with van der Waals surface area (Å²) in [6.07, 6.45) is 39.7. The topological polar surface area (TPSA) is 0 Å². The molecule has 0 aliphatic heterocycles. The fourth-order valence-corrected chi connectivity index (χ4v) is 5.27. The summed E-state index contributed by atoms with van der Waals surface area (Å²) in [4.78, 5) is 0. The van der Waals surface area contributed by atoms with Crippen LogP contribution in [0, 0.1) is 0 Å². The second kappa shape index (κ2) is 31.0. The second-order valence-electron chi connectivity index (χ2n) is 11.4. The van der Waals surface area contributed by atoms with Gasteiger partial charge >= 0.3 is 0 Å². The van der Waals surface area contributed by atoms with E-state index in [1.54, 1.807) is 0 Å². The molecule has 0 saturated heterocycles. The smallest absolute Gasteiger partial charge is 0.100 e. The van der Waals surface area contributed by atoms with Crippen LogP contribution < -0.4 is 0 Å². The maximum absolute atomic E-state index is 14.0. The summed E-state index contributed by atoms with van der Waals surface area (Å²) in [7, 11) is 0. The van der Waals surface area contributed by atoms with Gasteiger partial charge in [-0.1, -0.05) is 194 Å². The number of unbranched alkanes of at least 4 members (excludes halogenated alkanes) is 26. The summed E-state index contributed by atoms with van der Waals surface area (Å²) in [5.41, 5.74) is 0. The lowest BCUT2D eigenvalue weighted by Gasteiger charge is -2.08. The predicted octanol–water partition coefficient (Wildman–Crippen LogP) is 13.1. The summed E-state index contributed by atoms with van der Waals surface area (Å²) >= 11 is 0. The quantitative estimate of drug-likeness (QED) is 0.0893. The second-order valence-corrected chi connectivity index (χ2v) is 11.4. The Labute approximate surface area is 217 Å². The molecule has 0 aliphatic rings. The Kier molecular flexibility index (Phi) is 30.9. The summed E-state index contributed by atoms with van der Waals surface area (Å²) in [5.74, 6) is 0. The molecule has 0 N–H and O–H groups in total. The van der Waals surface area contributed by atoms with Crippen molar-refractivity contribution in [3.05, 3.63) is 0 Å². The highest BCUT2D eigenvalue weighted by atomic mass is 19.1. The van der Waals surface area contributed by atoms with E-state index in [-0.39, 0.29) is 0 Å². The molecule has 0 fully saturated rings. The van der Waals surface area contributed by atoms with Crippen LogP contribution in [0.5, 0.6) is 0 Å². The minimum Gasteiger partial charge on any atom is -0.247 e. The van der Waals surface area contributed by atoms with E-state index < -0.39 is 6.17 Å². The summed E-state index contributed by atoms with van der Waals surface area (Å²) < 4.78 is 14.0. The van der Waals surface area contributed by atoms with E-state index >= 15 is 0 Å². The molecule has 0 aromatic carbocycles. The first-order chi connectivity index (χ1) is 16.8. The van der Waals surface area contributed by atoms with E-state index in [4.69, 9.17) is 0 Å². The van der Waals surface area contributed by atoms with Crippen LogP contribution in [0.15, 0.2) is 0 Å². The first-order valence-corrected chi connectivity index (χ1v) is 16.4. The normalized spacial score (nSPS) is 12.4. The molecule has 0 heterocycles. The van der Waals surface area contributed by atoms with Crippen molar-refractivity contribution < 1.29 is 4.39 Å². The van der Waals surface area contributed by atoms with Crippen LogP contribution in [0.1, 0.15) is 206 Å². The SMILES string of the molecule is CCCCCCCCCCCCCCCCCCCCCC(F)CCCCCCCCCCC. The summed E-state index contributed by atoms with van der Waals surface area (Å²) in [6.45, 7) is 4.57. The monoisotopic (exact) mass is 483 g/mol. The number of hydrogen-bond acceptors (Lipinski definition) is 0. The van der Waals surface area contributed by atoms with Gasteiger partial charge in [-0.25, -0.2) is 4.39 Å². The molecular weight excluding hydrogens is 415 g/mol. The molecule has 206 valence electrons. The largest absolute Gasteiger partial charge is 0.247 e. The van der Waals surface area contributed by atoms with Crippen molar-refractivity contribution in [3.8, 4) is 0 Å². The number of halogens is 1. The van der Waals surface area contributed by atoms with Gasteiger partial charge < -0.3 is 0 Å². The molecule has 0 bridgehead atoms. The van der Waals surface area contributed by atoms with E-state index in [1.165, 1.54) is 167 Å². The maximum Gasteiger partial charge on any atom is 0.100 e. The minimum absolute atomic E-state index is 0.532. The van der Waals surface area contributed by atoms with Crippen molar-refractivity contribution in [1.82, 2.24) is 0 Å². The molecule has 0 radical (unpaired) electrons. The standard InChI is InChI=1S/C33H67F/c1-3-5-7-9-11-13-14-15-16-17-18-19-20-21-22-24-26-28-30-32-33(34)31-29-27-25-23-12-10-8-6-4-2/h33H,3-32H2,1-2H3. The van der Waals surface area contributed by atoms with Crippen LogP contribution in [0.2, 0.25) is 0 Å². The van der Waals surface area contributed by atoms with E-state index in [9.17, 15) is 4.39 Å². The van der Waals surface area contributed by atoms with E-state index in [0.29, 0.717) is 0 Å². The minimum atomic E-state index is -0.532. The zero-order valence-corrected chi connectivity index (χ0v) is 24.2. The molecule has 1 unspecified atom stereocenters. The molecule has 0 aromatic heterocycles. The lowest BCUT2D eigenvalue weighted by atomic mass is 10.0. The van der Waals surface area contributed by atoms with Crippen molar-refractivity contribution in [1.29, 1.82) is 0 Å². The molecule has 0 nitrogen and oxygen atoms in total. The van der Waals surface area contributed by atoms with Crippen molar-refractivity contribution in [2.75, 3.05) is 0 Å². The summed E-state index contributed by atoms with van der Waals surface area (Å²) in [6, 6.07) is 0. The third-order valence-electron chi connectivity index (χ3n) is 7.74. The van der Waals surface area contributed by atoms with Gasteiger partial charge in [-0.3, -0.25) is 0 Å². The number of rotatable bonds is 30. The predicted molar refractivity (Wildman–Crippen MR) is 155 cm³/mol. The van der Waals surface area contributed by atoms with E-state index in [1.807, 2.05) is 0 Å². The Morgan fingerprint density at radius 2 is 0.471 bits per heavy atom. The van der Waals surface area contributed by atoms with Gasteiger partial charge in [0.05, 0.1) is 0 Å². The molecular formula is C33H67F. The Balaban J connectivity index is 3.11. The first kappa shape index (κ1) is 33.9. The van der Waals surface area contributed by atoms with Crippen molar-refractivity contribution in [2.45, 2.75) is 213 Å². The Bertz CT molecular complexity index is 339. The van der Waals surface area contributed by atoms with Crippen LogP contribution in [-0.2, 0) is 0 Å². The van der Waals surface area contributed by atoms with Crippen LogP contribution in [-0.4, -0.2) is 6.17 Å². The molecule has 0 aliphatic carbocycles. The third kappa shape index (κ3) is 30.0. The van der Waals surface area contributed by atoms with Crippen LogP contribution in [0.3, 0.4) is 0 Å². The molecule has 0 saturated carbocycles. The van der Waals surface area contributed by atoms with Crippen molar-refractivity contribution in [3.63, 3.8) is 0 Å². The van der Waals surface area contributed by atoms with Crippen LogP contribution in [0.4, 0.5) is 4.39 Å². The first-order valence-electron chi connectivity index (χ1n) is 16.4. The highest BCUT2D eigenvalue weighted by Crippen LogP contribution is 2.18. The Morgan fingerprint density at radius 1 is 0.294 bits per heavy atom. The molecule has 34 heavy (non-hydrogen) atoms. The van der Waals surface area contributed by atoms with Crippen molar-refractivity contribution >= 4 is 0 Å². The average molecular weight is 483 g/mol. The van der Waals surface area contributed by atoms with Crippen LogP contribution >= 0.6 is 0 Å². The molecule has 1 heteroatoms. The third-order valence-corrected chi connectivity index (χ3v) is 7.74. The molecule has 1 atom stereocenters. The number of alkyl halides is 1. The molecule has 0 amide bonds. The van der Waals surface area contributed by atoms with Gasteiger partial charge in [-0.05, 0) is 12.8 Å². The van der Waals surface area contributed by atoms with E-state index in [0.717, 1.165) is 25.7 Å². The zero-order valence-electron chi connectivity index (χ0n) is 24.2. The Hall–Kier alpha value is -0.0700. The van der Waals surface area contributed by atoms with Crippen molar-refractivity contribution in [2.24, 2.45) is 0 Å². The highest BCUT2D eigenvalue weighted by molar-refractivity contribution is 4.58. The van der Waals surface area contributed by atoms with Gasteiger partial charge in [0.1, 0.15) is 6.17 Å². The molecule has 0 spiro atoms. The van der Waals surface area contributed by atoms with Gasteiger partial charge in [-0.15, -0.1) is 0 Å². The number of hydrogen-bond donors (Lipinski definition) is 0. The lowest BCUT2D eigenvalue weighted by Crippen LogP contribution is -2.00. The zero-order chi connectivity index (χ0) is 24.8. The molecule has 0 rings (SSSR count). The van der Waals surface area contributed by atoms with Gasteiger partial charge in [0, 0.05) is 0 Å². The van der Waals surface area contributed by atoms with E-state index in [2.05, 4.69) is 13.8 Å². The lowest BCUT2D eigenvalue weighted by molar-refractivity contribution is 0.279. The van der Waals surface area contributed by atoms with Gasteiger partial charge in [0.25, 0.3) is 0 Å². The maximum atomic E-state index is 14.0. The van der Waals surface area contributed by atoms with Gasteiger partial charge in [-0.2, -0.15) is 0 Å². The average Bonchev–Trinajstić information content (AvgIpc) is 2.84. The Morgan fingerprint density at radius 3 is 0.676 bits per heavy atom. The fraction of sp³-hybridized carbons (Fsp3) is 1.00. The highest BCUT2D eigenvalue weighted by Gasteiger charge is 2.05. The summed E-state index contributed by atoms with van der Waals surface area (Å²) in [5, 5.41) is 0. The van der Waals surface area contributed by atoms with Gasteiger partial charge in [0.2, 0.25) is 0 Å². The van der Waals surface area contributed by atoms with Crippen LogP contribution in [0.25, 0.3) is 0 Å². The molecule has 0 aromatic rings. The van der Waals surface area contributed by atoms with Gasteiger partial charge in [0.15, 0.2) is 0 Å². The fourth-order valence-electron chi connectivity index (χ4n) is 5.27.